The Hall–Kier alpha value is -3.02. The molecule has 1 heterocycles. The third-order valence-electron chi connectivity index (χ3n) is 5.49. The first kappa shape index (κ1) is 19.3. The van der Waals surface area contributed by atoms with Gasteiger partial charge in [-0.3, -0.25) is 9.69 Å². The van der Waals surface area contributed by atoms with E-state index in [0.29, 0.717) is 28.3 Å². The third-order valence-corrected chi connectivity index (χ3v) is 5.49. The zero-order valence-corrected chi connectivity index (χ0v) is 16.7. The molecule has 4 rings (SSSR count). The lowest BCUT2D eigenvalue weighted by Crippen LogP contribution is -2.33. The number of amides is 1. The molecule has 0 bridgehead atoms. The van der Waals surface area contributed by atoms with Crippen LogP contribution in [0.15, 0.2) is 42.5 Å². The fourth-order valence-corrected chi connectivity index (χ4v) is 4.13. The number of ether oxygens (including phenoxy) is 3. The quantitative estimate of drug-likeness (QED) is 0.683. The largest absolute Gasteiger partial charge is 0.493 e. The van der Waals surface area contributed by atoms with Crippen LogP contribution in [0.2, 0.25) is 0 Å². The zero-order chi connectivity index (χ0) is 20.4. The second kappa shape index (κ2) is 8.15. The minimum absolute atomic E-state index is 0.145. The van der Waals surface area contributed by atoms with Crippen LogP contribution in [0, 0.1) is 0 Å². The number of anilines is 1. The molecule has 1 aliphatic heterocycles. The van der Waals surface area contributed by atoms with Gasteiger partial charge in [0.2, 0.25) is 0 Å². The topological polar surface area (TPSA) is 65.1 Å². The van der Waals surface area contributed by atoms with Crippen molar-refractivity contribution in [1.29, 1.82) is 0 Å². The third kappa shape index (κ3) is 3.55. The maximum absolute atomic E-state index is 13.2. The van der Waals surface area contributed by atoms with Gasteiger partial charge < -0.3 is 14.2 Å². The molecular weight excluding hydrogens is 370 g/mol. The van der Waals surface area contributed by atoms with Crippen LogP contribution in [-0.2, 0) is 9.53 Å². The lowest BCUT2D eigenvalue weighted by molar-refractivity contribution is -0.144. The summed E-state index contributed by atoms with van der Waals surface area (Å²) in [5.41, 5.74) is 1.75. The van der Waals surface area contributed by atoms with Crippen molar-refractivity contribution in [3.63, 3.8) is 0 Å². The van der Waals surface area contributed by atoms with Crippen molar-refractivity contribution in [3.05, 3.63) is 53.6 Å². The van der Waals surface area contributed by atoms with Crippen molar-refractivity contribution in [2.45, 2.75) is 44.8 Å². The van der Waals surface area contributed by atoms with Crippen molar-refractivity contribution in [1.82, 2.24) is 0 Å². The van der Waals surface area contributed by atoms with Crippen LogP contribution < -0.4 is 14.4 Å². The number of hydrogen-bond donors (Lipinski definition) is 0. The van der Waals surface area contributed by atoms with Crippen LogP contribution in [0.3, 0.4) is 0 Å². The van der Waals surface area contributed by atoms with Gasteiger partial charge in [-0.25, -0.2) is 4.79 Å². The Morgan fingerprint density at radius 1 is 1.10 bits per heavy atom. The molecule has 1 aliphatic carbocycles. The van der Waals surface area contributed by atoms with Gasteiger partial charge in [0.15, 0.2) is 17.5 Å². The van der Waals surface area contributed by atoms with E-state index in [1.165, 1.54) is 4.90 Å². The van der Waals surface area contributed by atoms with Gasteiger partial charge in [-0.2, -0.15) is 0 Å². The Morgan fingerprint density at radius 2 is 1.86 bits per heavy atom. The molecule has 152 valence electrons. The Bertz CT molecular complexity index is 919. The van der Waals surface area contributed by atoms with Gasteiger partial charge in [-0.15, -0.1) is 0 Å². The van der Waals surface area contributed by atoms with Crippen molar-refractivity contribution in [2.24, 2.45) is 0 Å². The molecule has 1 amide bonds. The Kier molecular flexibility index (Phi) is 5.43. The normalized spacial score (nSPS) is 18.6. The molecule has 29 heavy (non-hydrogen) atoms. The van der Waals surface area contributed by atoms with Gasteiger partial charge >= 0.3 is 5.97 Å². The second-order valence-electron chi connectivity index (χ2n) is 7.28. The molecule has 2 aromatic rings. The Morgan fingerprint density at radius 3 is 2.59 bits per heavy atom. The van der Waals surface area contributed by atoms with Gasteiger partial charge in [0.05, 0.1) is 19.8 Å². The molecule has 1 atom stereocenters. The highest BCUT2D eigenvalue weighted by Gasteiger charge is 2.43. The van der Waals surface area contributed by atoms with Crippen LogP contribution in [0.25, 0.3) is 0 Å². The first-order valence-corrected chi connectivity index (χ1v) is 10.1. The number of benzene rings is 2. The molecule has 1 saturated carbocycles. The number of carbonyl (C=O) groups is 2. The molecule has 0 aromatic heterocycles. The highest BCUT2D eigenvalue weighted by Crippen LogP contribution is 2.42. The van der Waals surface area contributed by atoms with Crippen molar-refractivity contribution in [3.8, 4) is 11.5 Å². The number of carbonyl (C=O) groups excluding carboxylic acids is 2. The first-order chi connectivity index (χ1) is 14.1. The molecule has 0 N–H and O–H groups in total. The van der Waals surface area contributed by atoms with Gasteiger partial charge in [-0.05, 0) is 56.4 Å². The van der Waals surface area contributed by atoms with E-state index < -0.39 is 12.0 Å². The summed E-state index contributed by atoms with van der Waals surface area (Å²) in [6.07, 6.45) is 4.46. The van der Waals surface area contributed by atoms with Crippen LogP contribution in [0.4, 0.5) is 5.69 Å². The number of hydrogen-bond acceptors (Lipinski definition) is 5. The molecular formula is C23H25NO5. The molecule has 2 aliphatic rings. The van der Waals surface area contributed by atoms with E-state index in [-0.39, 0.29) is 18.6 Å². The minimum Gasteiger partial charge on any atom is -0.493 e. The van der Waals surface area contributed by atoms with Gasteiger partial charge in [0, 0.05) is 17.3 Å². The summed E-state index contributed by atoms with van der Waals surface area (Å²) in [5.74, 6) is 0.524. The summed E-state index contributed by atoms with van der Waals surface area (Å²) in [4.78, 5) is 27.4. The van der Waals surface area contributed by atoms with E-state index in [2.05, 4.69) is 0 Å². The van der Waals surface area contributed by atoms with Gasteiger partial charge in [0.25, 0.3) is 5.91 Å². The average Bonchev–Trinajstić information content (AvgIpc) is 3.34. The number of fused-ring (bicyclic) bond motifs is 1. The molecule has 0 radical (unpaired) electrons. The zero-order valence-electron chi connectivity index (χ0n) is 16.7. The fourth-order valence-electron chi connectivity index (χ4n) is 4.13. The standard InChI is InChI=1S/C23H25NO5/c1-3-28-23(26)21-17-10-6-7-11-18(17)22(25)24(21)15-12-13-19(27-2)20(14-15)29-16-8-4-5-9-16/h6-7,10-14,16,21H,3-5,8-9H2,1-2H3. The highest BCUT2D eigenvalue weighted by atomic mass is 16.5. The monoisotopic (exact) mass is 395 g/mol. The van der Waals surface area contributed by atoms with E-state index in [9.17, 15) is 9.59 Å². The van der Waals surface area contributed by atoms with Crippen molar-refractivity contribution >= 4 is 17.6 Å². The molecule has 0 saturated heterocycles. The summed E-state index contributed by atoms with van der Waals surface area (Å²) in [6.45, 7) is 2.00. The van der Waals surface area contributed by atoms with E-state index >= 15 is 0 Å². The lowest BCUT2D eigenvalue weighted by Gasteiger charge is -2.25. The van der Waals surface area contributed by atoms with Crippen LogP contribution in [0.5, 0.6) is 11.5 Å². The van der Waals surface area contributed by atoms with E-state index in [1.807, 2.05) is 6.07 Å². The van der Waals surface area contributed by atoms with E-state index in [0.717, 1.165) is 25.7 Å². The minimum atomic E-state index is -0.814. The summed E-state index contributed by atoms with van der Waals surface area (Å²) in [6, 6.07) is 11.7. The molecule has 1 unspecified atom stereocenters. The number of nitrogens with zero attached hydrogens (tertiary/aromatic N) is 1. The fraction of sp³-hybridized carbons (Fsp3) is 0.391. The van der Waals surface area contributed by atoms with E-state index in [1.54, 1.807) is 50.4 Å². The van der Waals surface area contributed by atoms with Crippen LogP contribution in [-0.4, -0.2) is 31.7 Å². The number of rotatable bonds is 6. The molecule has 6 nitrogen and oxygen atoms in total. The smallest absolute Gasteiger partial charge is 0.333 e. The maximum Gasteiger partial charge on any atom is 0.333 e. The van der Waals surface area contributed by atoms with E-state index in [4.69, 9.17) is 14.2 Å². The second-order valence-corrected chi connectivity index (χ2v) is 7.28. The molecule has 1 fully saturated rings. The average molecular weight is 395 g/mol. The summed E-state index contributed by atoms with van der Waals surface area (Å²) in [7, 11) is 1.59. The van der Waals surface area contributed by atoms with Crippen molar-refractivity contribution < 1.29 is 23.8 Å². The predicted octanol–water partition coefficient (Wildman–Crippen LogP) is 4.28. The molecule has 2 aromatic carbocycles. The predicted molar refractivity (Wildman–Crippen MR) is 109 cm³/mol. The van der Waals surface area contributed by atoms with Crippen molar-refractivity contribution in [2.75, 3.05) is 18.6 Å². The van der Waals surface area contributed by atoms with Gasteiger partial charge in [-0.1, -0.05) is 18.2 Å². The summed E-state index contributed by atoms with van der Waals surface area (Å²) >= 11 is 0. The Balaban J connectivity index is 1.73. The van der Waals surface area contributed by atoms with Gasteiger partial charge in [0.1, 0.15) is 0 Å². The lowest BCUT2D eigenvalue weighted by atomic mass is 10.0. The number of esters is 1. The summed E-state index contributed by atoms with van der Waals surface area (Å²) in [5, 5.41) is 0. The first-order valence-electron chi connectivity index (χ1n) is 10.1. The molecule has 0 spiro atoms. The SMILES string of the molecule is CCOC(=O)C1c2ccccc2C(=O)N1c1ccc(OC)c(OC2CCCC2)c1. The summed E-state index contributed by atoms with van der Waals surface area (Å²) < 4.78 is 16.9. The maximum atomic E-state index is 13.2. The molecule has 6 heteroatoms. The number of methoxy groups -OCH3 is 1. The van der Waals surface area contributed by atoms with Crippen LogP contribution in [0.1, 0.15) is 54.6 Å². The Labute approximate surface area is 170 Å². The van der Waals surface area contributed by atoms with Crippen LogP contribution >= 0.6 is 0 Å². The highest BCUT2D eigenvalue weighted by molar-refractivity contribution is 6.15.